The smallest absolute Gasteiger partial charge is 0.373 e. The summed E-state index contributed by atoms with van der Waals surface area (Å²) in [6, 6.07) is 50.1. The minimum absolute atomic E-state index is 0.0107. The number of nitrogens with two attached hydrogens (primary N) is 3. The molecule has 0 saturated heterocycles. The SMILES string of the molecule is COC1CCC2(CC1)Cc1ccc(Br)cc1C21N=C(N)N(Cc2ccccc2)C1=O.COC1CCC2(CC1)Cc1ccccc1C21N=C(N)N(Cc2ccccc2)C1=O.O=C=O.[C-]#[N+]c1ccc2c(c1)C1(N=C(N)N(Cc3ccccc3)C1=O)C1(CCC(OC)CC1)C2. The Bertz CT molecular complexity index is 3980. The molecule has 6 spiro atoms. The lowest BCUT2D eigenvalue weighted by atomic mass is 9.61. The molecule has 0 radical (unpaired) electrons. The highest BCUT2D eigenvalue weighted by Gasteiger charge is 2.69. The van der Waals surface area contributed by atoms with Gasteiger partial charge >= 0.3 is 6.15 Å². The number of hydrogen-bond donors (Lipinski definition) is 3. The zero-order chi connectivity index (χ0) is 65.3. The topological polar surface area (TPSA) is 242 Å². The van der Waals surface area contributed by atoms with Gasteiger partial charge in [-0.1, -0.05) is 155 Å². The summed E-state index contributed by atoms with van der Waals surface area (Å²) in [5, 5.41) is 0. The Labute approximate surface area is 551 Å². The second kappa shape index (κ2) is 26.0. The van der Waals surface area contributed by atoms with Crippen molar-refractivity contribution in [2.45, 2.75) is 151 Å². The second-order valence-electron chi connectivity index (χ2n) is 26.3. The minimum atomic E-state index is -1.05. The van der Waals surface area contributed by atoms with E-state index in [9.17, 15) is 14.4 Å². The van der Waals surface area contributed by atoms with Crippen molar-refractivity contribution in [3.05, 3.63) is 218 Å². The summed E-state index contributed by atoms with van der Waals surface area (Å²) in [4.78, 5) is 82.1. The number of amides is 3. The van der Waals surface area contributed by atoms with Crippen molar-refractivity contribution in [3.8, 4) is 0 Å². The molecule has 3 atom stereocenters. The van der Waals surface area contributed by atoms with Gasteiger partial charge in [-0.05, 0) is 159 Å². The third-order valence-corrected chi connectivity index (χ3v) is 22.4. The van der Waals surface area contributed by atoms with Gasteiger partial charge in [-0.25, -0.2) is 19.8 Å². The van der Waals surface area contributed by atoms with Crippen molar-refractivity contribution in [1.29, 1.82) is 0 Å². The fourth-order valence-corrected chi connectivity index (χ4v) is 17.7. The molecule has 93 heavy (non-hydrogen) atoms. The van der Waals surface area contributed by atoms with Gasteiger partial charge in [-0.15, -0.1) is 0 Å². The van der Waals surface area contributed by atoms with E-state index in [0.717, 1.165) is 140 Å². The highest BCUT2D eigenvalue weighted by Crippen LogP contribution is 2.65. The molecule has 19 heteroatoms. The molecule has 15 rings (SSSR count). The number of carbonyl (C=O) groups is 3. The number of carbonyl (C=O) groups excluding carboxylic acids is 5. The number of hydrogen-bond acceptors (Lipinski definition) is 14. The maximum atomic E-state index is 14.2. The molecule has 3 unspecified atom stereocenters. The molecule has 0 aromatic heterocycles. The number of aliphatic imine (C=N–C) groups is 3. The molecular formula is C74H79BrN10O8. The Kier molecular flexibility index (Phi) is 18.1. The summed E-state index contributed by atoms with van der Waals surface area (Å²) in [5.41, 5.74) is 25.6. The lowest BCUT2D eigenvalue weighted by Gasteiger charge is -2.45. The molecule has 6 aromatic rings. The molecule has 480 valence electrons. The van der Waals surface area contributed by atoms with Gasteiger partial charge in [0.1, 0.15) is 0 Å². The molecule has 3 amide bonds. The van der Waals surface area contributed by atoms with Crippen LogP contribution in [0.2, 0.25) is 0 Å². The summed E-state index contributed by atoms with van der Waals surface area (Å²) in [6.45, 7) is 8.77. The van der Waals surface area contributed by atoms with Crippen LogP contribution in [0.4, 0.5) is 5.69 Å². The molecule has 3 aliphatic heterocycles. The third-order valence-electron chi connectivity index (χ3n) is 21.9. The van der Waals surface area contributed by atoms with E-state index >= 15 is 0 Å². The van der Waals surface area contributed by atoms with E-state index in [1.54, 1.807) is 36.0 Å². The van der Waals surface area contributed by atoms with Crippen LogP contribution in [0.1, 0.15) is 127 Å². The van der Waals surface area contributed by atoms with Crippen LogP contribution in [0, 0.1) is 22.8 Å². The number of rotatable bonds is 9. The minimum Gasteiger partial charge on any atom is -0.381 e. The Morgan fingerprint density at radius 2 is 0.785 bits per heavy atom. The molecule has 3 saturated carbocycles. The van der Waals surface area contributed by atoms with E-state index in [0.29, 0.717) is 37.2 Å². The molecule has 18 nitrogen and oxygen atoms in total. The third kappa shape index (κ3) is 10.9. The van der Waals surface area contributed by atoms with E-state index in [4.69, 9.17) is 62.6 Å². The van der Waals surface area contributed by atoms with Gasteiger partial charge in [0.15, 0.2) is 40.2 Å². The number of methoxy groups -OCH3 is 3. The number of guanidine groups is 3. The highest BCUT2D eigenvalue weighted by atomic mass is 79.9. The van der Waals surface area contributed by atoms with Crippen LogP contribution in [0.3, 0.4) is 0 Å². The van der Waals surface area contributed by atoms with Crippen LogP contribution < -0.4 is 17.2 Å². The van der Waals surface area contributed by atoms with Gasteiger partial charge in [-0.2, -0.15) is 9.59 Å². The van der Waals surface area contributed by atoms with E-state index in [1.165, 1.54) is 11.1 Å². The maximum absolute atomic E-state index is 14.2. The van der Waals surface area contributed by atoms with Gasteiger partial charge in [0.05, 0.1) is 44.5 Å². The molecule has 6 N–H and O–H groups in total. The molecule has 3 heterocycles. The van der Waals surface area contributed by atoms with E-state index in [2.05, 4.69) is 57.2 Å². The van der Waals surface area contributed by atoms with Gasteiger partial charge in [0, 0.05) is 42.0 Å². The monoisotopic (exact) mass is 1310 g/mol. The standard InChI is InChI=1S/C25H26N4O2.C24H26BrN3O2.C24H27N3O2.CO2/c1-27-19-9-8-18-15-24(12-10-20(31-2)11-13-24)25(21(18)14-19)22(30)29(23(26)28-25)16-17-6-4-3-5-7-17;1-30-19-9-11-23(12-10-19)14-17-7-8-18(25)13-20(17)24(23)21(29)28(22(26)27-24)15-16-5-3-2-4-6-16;1-29-19-11-13-23(14-12-19)15-18-9-5-6-10-20(18)24(23)21(28)27(22(25)26-24)16-17-7-3-2-4-8-17;2-1-3/h3-9,14,20H,10-13,15-16H2,2H3,(H2,26,28);2-8,13,19H,9-12,14-15H2,1H3,(H2,26,27);2-10,19H,11-16H2,1H3,(H2,25,26);. The lowest BCUT2D eigenvalue weighted by Crippen LogP contribution is -2.52. The summed E-state index contributed by atoms with van der Waals surface area (Å²) in [5.74, 6) is 0.902. The zero-order valence-corrected chi connectivity index (χ0v) is 54.5. The fourth-order valence-electron chi connectivity index (χ4n) is 17.3. The van der Waals surface area contributed by atoms with Crippen molar-refractivity contribution in [3.63, 3.8) is 0 Å². The van der Waals surface area contributed by atoms with E-state index in [1.807, 2.05) is 115 Å². The average Bonchev–Trinajstić information content (AvgIpc) is 1.56. The second-order valence-corrected chi connectivity index (χ2v) is 27.3. The molecule has 6 aromatic carbocycles. The number of benzene rings is 6. The fraction of sp³-hybridized carbons (Fsp3) is 0.405. The quantitative estimate of drug-likeness (QED) is 0.115. The predicted octanol–water partition coefficient (Wildman–Crippen LogP) is 10.8. The highest BCUT2D eigenvalue weighted by molar-refractivity contribution is 9.10. The van der Waals surface area contributed by atoms with Crippen LogP contribution in [-0.2, 0) is 93.7 Å². The first-order valence-corrected chi connectivity index (χ1v) is 32.9. The van der Waals surface area contributed by atoms with Crippen molar-refractivity contribution in [2.24, 2.45) is 48.4 Å². The first-order chi connectivity index (χ1) is 45.0. The van der Waals surface area contributed by atoms with Gasteiger partial charge in [0.2, 0.25) is 0 Å². The first-order valence-electron chi connectivity index (χ1n) is 32.1. The molecule has 9 aliphatic rings. The van der Waals surface area contributed by atoms with Crippen molar-refractivity contribution >= 4 is 63.4 Å². The predicted molar refractivity (Wildman–Crippen MR) is 355 cm³/mol. The number of nitrogens with zero attached hydrogens (tertiary/aromatic N) is 7. The van der Waals surface area contributed by atoms with Crippen molar-refractivity contribution in [2.75, 3.05) is 21.3 Å². The largest absolute Gasteiger partial charge is 0.381 e. The van der Waals surface area contributed by atoms with Crippen LogP contribution in [0.5, 0.6) is 0 Å². The van der Waals surface area contributed by atoms with Crippen LogP contribution >= 0.6 is 15.9 Å². The van der Waals surface area contributed by atoms with Gasteiger partial charge in [-0.3, -0.25) is 29.1 Å². The molecule has 3 fully saturated rings. The van der Waals surface area contributed by atoms with E-state index in [-0.39, 0.29) is 64.4 Å². The molecular weight excluding hydrogens is 1240 g/mol. The lowest BCUT2D eigenvalue weighted by molar-refractivity contribution is -0.191. The van der Waals surface area contributed by atoms with Gasteiger partial charge < -0.3 is 31.4 Å². The Hall–Kier alpha value is -8.63. The summed E-state index contributed by atoms with van der Waals surface area (Å²) in [6.07, 6.45) is 14.4. The van der Waals surface area contributed by atoms with E-state index < -0.39 is 16.6 Å². The number of fused-ring (bicyclic) bond motifs is 9. The summed E-state index contributed by atoms with van der Waals surface area (Å²) >= 11 is 3.61. The van der Waals surface area contributed by atoms with Crippen LogP contribution in [0.15, 0.2) is 171 Å². The molecule has 0 bridgehead atoms. The van der Waals surface area contributed by atoms with Gasteiger partial charge in [0.25, 0.3) is 17.7 Å². The maximum Gasteiger partial charge on any atom is 0.373 e. The van der Waals surface area contributed by atoms with Crippen molar-refractivity contribution in [1.82, 2.24) is 14.7 Å². The van der Waals surface area contributed by atoms with Crippen LogP contribution in [-0.4, -0.2) is 96.1 Å². The summed E-state index contributed by atoms with van der Waals surface area (Å²) in [7, 11) is 5.31. The van der Waals surface area contributed by atoms with Crippen LogP contribution in [0.25, 0.3) is 4.85 Å². The Morgan fingerprint density at radius 3 is 1.14 bits per heavy atom. The number of halogens is 1. The Balaban J connectivity index is 0.000000131. The summed E-state index contributed by atoms with van der Waals surface area (Å²) < 4.78 is 17.8. The Morgan fingerprint density at radius 1 is 0.473 bits per heavy atom. The normalized spacial score (nSPS) is 29.2. The first kappa shape index (κ1) is 64.5. The average molecular weight is 1320 g/mol. The zero-order valence-electron chi connectivity index (χ0n) is 52.9. The van der Waals surface area contributed by atoms with Crippen molar-refractivity contribution < 1.29 is 38.2 Å². The number of ether oxygens (including phenoxy) is 3. The molecule has 6 aliphatic carbocycles.